The summed E-state index contributed by atoms with van der Waals surface area (Å²) in [4.78, 5) is 28.6. The zero-order valence-electron chi connectivity index (χ0n) is 17.5. The molecule has 1 fully saturated rings. The van der Waals surface area contributed by atoms with Gasteiger partial charge in [0.2, 0.25) is 5.91 Å². The number of likely N-dealkylation sites (N-methyl/N-ethyl adjacent to an activating group) is 1. The van der Waals surface area contributed by atoms with Gasteiger partial charge in [0.1, 0.15) is 12.3 Å². The van der Waals surface area contributed by atoms with Gasteiger partial charge in [-0.1, -0.05) is 12.1 Å². The third kappa shape index (κ3) is 4.14. The normalized spacial score (nSPS) is 21.1. The van der Waals surface area contributed by atoms with Crippen LogP contribution in [0, 0.1) is 0 Å². The van der Waals surface area contributed by atoms with E-state index in [2.05, 4.69) is 15.5 Å². The summed E-state index contributed by atoms with van der Waals surface area (Å²) in [7, 11) is 2.04. The summed E-state index contributed by atoms with van der Waals surface area (Å²) in [5, 5.41) is 8.84. The fourth-order valence-electron chi connectivity index (χ4n) is 4.06. The van der Waals surface area contributed by atoms with Crippen LogP contribution in [-0.2, 0) is 14.3 Å². The number of carbonyl (C=O) groups excluding carboxylic acids is 2. The van der Waals surface area contributed by atoms with Crippen molar-refractivity contribution >= 4 is 39.7 Å². The van der Waals surface area contributed by atoms with Crippen LogP contribution < -0.4 is 16.4 Å². The third-order valence-electron chi connectivity index (χ3n) is 5.82. The van der Waals surface area contributed by atoms with E-state index in [1.54, 1.807) is 0 Å². The van der Waals surface area contributed by atoms with Gasteiger partial charge in [0.05, 0.1) is 6.42 Å². The molecule has 8 nitrogen and oxygen atoms in total. The number of carbonyl (C=O) groups is 2. The predicted octanol–water partition coefficient (Wildman–Crippen LogP) is 2.07. The maximum Gasteiger partial charge on any atom is 0.306 e. The second-order valence-corrected chi connectivity index (χ2v) is 8.36. The van der Waals surface area contributed by atoms with Gasteiger partial charge in [-0.3, -0.25) is 9.59 Å². The Hall–Kier alpha value is -3.00. The van der Waals surface area contributed by atoms with Gasteiger partial charge < -0.3 is 30.9 Å². The number of hydrogen-bond acceptors (Lipinski definition) is 7. The minimum atomic E-state index is -0.658. The van der Waals surface area contributed by atoms with Crippen molar-refractivity contribution < 1.29 is 14.3 Å². The molecular weight excluding hydrogens is 382 g/mol. The molecule has 8 heteroatoms. The molecule has 1 unspecified atom stereocenters. The molecule has 2 heterocycles. The van der Waals surface area contributed by atoms with Crippen LogP contribution in [0.3, 0.4) is 0 Å². The number of ether oxygens (including phenoxy) is 1. The van der Waals surface area contributed by atoms with Crippen molar-refractivity contribution in [3.8, 4) is 0 Å². The molecule has 160 valence electrons. The van der Waals surface area contributed by atoms with Gasteiger partial charge in [-0.15, -0.1) is 0 Å². The Labute approximate surface area is 176 Å². The summed E-state index contributed by atoms with van der Waals surface area (Å²) < 4.78 is 5.51. The van der Waals surface area contributed by atoms with Crippen LogP contribution >= 0.6 is 0 Å². The van der Waals surface area contributed by atoms with E-state index in [1.165, 1.54) is 0 Å². The van der Waals surface area contributed by atoms with Crippen molar-refractivity contribution in [2.24, 2.45) is 0 Å². The van der Waals surface area contributed by atoms with E-state index in [0.717, 1.165) is 40.9 Å². The molecule has 1 amide bonds. The Kier molecular flexibility index (Phi) is 5.42. The van der Waals surface area contributed by atoms with Gasteiger partial charge >= 0.3 is 5.97 Å². The van der Waals surface area contributed by atoms with Gasteiger partial charge in [-0.2, -0.15) is 0 Å². The van der Waals surface area contributed by atoms with Crippen molar-refractivity contribution in [1.82, 2.24) is 9.80 Å². The van der Waals surface area contributed by atoms with E-state index in [-0.39, 0.29) is 31.3 Å². The zero-order valence-corrected chi connectivity index (χ0v) is 17.5. The maximum absolute atomic E-state index is 12.3. The lowest BCUT2D eigenvalue weighted by Crippen LogP contribution is -2.49. The lowest BCUT2D eigenvalue weighted by molar-refractivity contribution is -0.147. The third-order valence-corrected chi connectivity index (χ3v) is 5.82. The fourth-order valence-corrected chi connectivity index (χ4v) is 4.06. The average Bonchev–Trinajstić information content (AvgIpc) is 2.73. The van der Waals surface area contributed by atoms with Crippen LogP contribution in [0.5, 0.6) is 0 Å². The first-order valence-electron chi connectivity index (χ1n) is 10.3. The second kappa shape index (κ2) is 8.02. The summed E-state index contributed by atoms with van der Waals surface area (Å²) in [5.74, 6) is -0.359. The van der Waals surface area contributed by atoms with Crippen molar-refractivity contribution in [1.29, 1.82) is 0 Å². The number of nitrogens with zero attached hydrogens (tertiary/aromatic N) is 2. The number of nitrogens with one attached hydrogen (secondary N) is 2. The van der Waals surface area contributed by atoms with E-state index in [0.29, 0.717) is 13.1 Å². The summed E-state index contributed by atoms with van der Waals surface area (Å²) in [6.07, 6.45) is 0.269. The zero-order chi connectivity index (χ0) is 21.3. The second-order valence-electron chi connectivity index (χ2n) is 8.36. The molecule has 0 bridgehead atoms. The minimum absolute atomic E-state index is 0.0124. The van der Waals surface area contributed by atoms with Gasteiger partial charge in [0, 0.05) is 60.4 Å². The summed E-state index contributed by atoms with van der Waals surface area (Å²) in [5.41, 5.74) is 8.05. The molecule has 2 aliphatic rings. The maximum atomic E-state index is 12.3. The molecule has 1 atom stereocenters. The van der Waals surface area contributed by atoms with Crippen LogP contribution in [0.15, 0.2) is 30.3 Å². The average molecular weight is 412 g/mol. The number of esters is 1. The number of benzene rings is 2. The van der Waals surface area contributed by atoms with Gasteiger partial charge in [-0.05, 0) is 32.2 Å². The van der Waals surface area contributed by atoms with Crippen molar-refractivity contribution in [2.45, 2.75) is 25.4 Å². The molecule has 0 aromatic heterocycles. The quantitative estimate of drug-likeness (QED) is 0.512. The number of rotatable bonds is 5. The molecule has 4 N–H and O–H groups in total. The number of hydrogen-bond donors (Lipinski definition) is 3. The molecule has 0 aliphatic carbocycles. The van der Waals surface area contributed by atoms with E-state index in [9.17, 15) is 9.59 Å². The summed E-state index contributed by atoms with van der Waals surface area (Å²) >= 11 is 0. The molecule has 0 saturated carbocycles. The Bertz CT molecular complexity index is 956. The Morgan fingerprint density at radius 3 is 2.50 bits per heavy atom. The number of nitrogens with two attached hydrogens (primary N) is 1. The highest BCUT2D eigenvalue weighted by Gasteiger charge is 2.31. The van der Waals surface area contributed by atoms with Crippen molar-refractivity contribution in [3.63, 3.8) is 0 Å². The van der Waals surface area contributed by atoms with Crippen LogP contribution in [0.2, 0.25) is 0 Å². The van der Waals surface area contributed by atoms with Crippen molar-refractivity contribution in [2.75, 3.05) is 56.2 Å². The molecule has 2 aliphatic heterocycles. The lowest BCUT2D eigenvalue weighted by Gasteiger charge is -2.38. The first-order chi connectivity index (χ1) is 14.3. The number of piperazine rings is 1. The summed E-state index contributed by atoms with van der Waals surface area (Å²) in [6, 6.07) is 9.74. The largest absolute Gasteiger partial charge is 0.461 e. The van der Waals surface area contributed by atoms with Crippen LogP contribution in [0.25, 0.3) is 10.8 Å². The summed E-state index contributed by atoms with van der Waals surface area (Å²) in [6.45, 7) is 5.23. The smallest absolute Gasteiger partial charge is 0.306 e. The van der Waals surface area contributed by atoms with E-state index >= 15 is 0 Å². The topological polar surface area (TPSA) is 99.9 Å². The molecule has 2 aromatic carbocycles. The highest BCUT2D eigenvalue weighted by Crippen LogP contribution is 2.39. The van der Waals surface area contributed by atoms with E-state index in [4.69, 9.17) is 10.5 Å². The molecule has 0 radical (unpaired) electrons. The van der Waals surface area contributed by atoms with Gasteiger partial charge in [-0.25, -0.2) is 0 Å². The standard InChI is InChI=1S/C22H29N5O3/c1-22(14-30-20(29)9-8-19(28)27-12-10-26(2)11-13-27)24-17-5-3-4-15-16(23)6-7-18(25-22)21(15)17/h3-7,24-25H,8-14,23H2,1-2H3. The Morgan fingerprint density at radius 1 is 1.07 bits per heavy atom. The number of anilines is 3. The monoisotopic (exact) mass is 411 g/mol. The first kappa shape index (κ1) is 20.3. The van der Waals surface area contributed by atoms with Crippen molar-refractivity contribution in [3.05, 3.63) is 30.3 Å². The minimum Gasteiger partial charge on any atom is -0.461 e. The molecule has 30 heavy (non-hydrogen) atoms. The Morgan fingerprint density at radius 2 is 1.77 bits per heavy atom. The SMILES string of the molecule is CN1CCN(C(=O)CCC(=O)OCC2(C)Nc3cccc4c(N)ccc(c34)N2)CC1. The molecular formula is C22H29N5O3. The fraction of sp³-hybridized carbons (Fsp3) is 0.455. The van der Waals surface area contributed by atoms with E-state index < -0.39 is 5.66 Å². The highest BCUT2D eigenvalue weighted by molar-refractivity contribution is 6.09. The number of amides is 1. The lowest BCUT2D eigenvalue weighted by atomic mass is 9.99. The molecule has 2 aromatic rings. The van der Waals surface area contributed by atoms with Gasteiger partial charge in [0.25, 0.3) is 0 Å². The van der Waals surface area contributed by atoms with Crippen LogP contribution in [-0.4, -0.2) is 67.2 Å². The molecule has 4 rings (SSSR count). The molecule has 1 saturated heterocycles. The van der Waals surface area contributed by atoms with Gasteiger partial charge in [0.15, 0.2) is 0 Å². The number of nitrogen functional groups attached to an aromatic ring is 1. The van der Waals surface area contributed by atoms with Crippen LogP contribution in [0.4, 0.5) is 17.1 Å². The first-order valence-corrected chi connectivity index (χ1v) is 10.3. The molecule has 0 spiro atoms. The van der Waals surface area contributed by atoms with Crippen LogP contribution in [0.1, 0.15) is 19.8 Å². The Balaban J connectivity index is 1.32. The predicted molar refractivity (Wildman–Crippen MR) is 118 cm³/mol. The van der Waals surface area contributed by atoms with E-state index in [1.807, 2.05) is 49.2 Å². The highest BCUT2D eigenvalue weighted by atomic mass is 16.5.